The lowest BCUT2D eigenvalue weighted by atomic mass is 10.1. The lowest BCUT2D eigenvalue weighted by Gasteiger charge is -2.22. The van der Waals surface area contributed by atoms with Crippen molar-refractivity contribution in [2.75, 3.05) is 40.5 Å². The van der Waals surface area contributed by atoms with Gasteiger partial charge < -0.3 is 19.7 Å². The van der Waals surface area contributed by atoms with E-state index in [9.17, 15) is 9.59 Å². The van der Waals surface area contributed by atoms with E-state index in [1.807, 2.05) is 23.1 Å². The summed E-state index contributed by atoms with van der Waals surface area (Å²) in [5, 5.41) is 5.37. The Labute approximate surface area is 187 Å². The van der Waals surface area contributed by atoms with Crippen LogP contribution in [0.2, 0.25) is 0 Å². The fraction of sp³-hybridized carbons (Fsp3) is 0.522. The zero-order valence-electron chi connectivity index (χ0n) is 18.2. The fourth-order valence-electron chi connectivity index (χ4n) is 3.60. The quantitative estimate of drug-likeness (QED) is 0.479. The molecule has 168 valence electrons. The third kappa shape index (κ3) is 6.85. The second-order valence-electron chi connectivity index (χ2n) is 7.69. The molecule has 31 heavy (non-hydrogen) atoms. The minimum Gasteiger partial charge on any atom is -0.385 e. The first-order valence-electron chi connectivity index (χ1n) is 10.7. The number of carbonyl (C=O) groups excluding carboxylic acids is 2. The molecule has 3 rings (SSSR count). The molecule has 0 bridgehead atoms. The van der Waals surface area contributed by atoms with Gasteiger partial charge in [0.1, 0.15) is 10.7 Å². The number of hydrogen-bond acceptors (Lipinski definition) is 6. The lowest BCUT2D eigenvalue weighted by Crippen LogP contribution is -2.33. The Bertz CT molecular complexity index is 842. The minimum atomic E-state index is -0.192. The van der Waals surface area contributed by atoms with Gasteiger partial charge in [0.2, 0.25) is 5.91 Å². The second kappa shape index (κ2) is 11.9. The van der Waals surface area contributed by atoms with Crippen LogP contribution in [0.1, 0.15) is 46.2 Å². The van der Waals surface area contributed by atoms with Crippen molar-refractivity contribution in [1.29, 1.82) is 0 Å². The van der Waals surface area contributed by atoms with Gasteiger partial charge in [0.25, 0.3) is 5.91 Å². The average molecular weight is 446 g/mol. The second-order valence-corrected chi connectivity index (χ2v) is 8.64. The van der Waals surface area contributed by atoms with Crippen LogP contribution in [0, 0.1) is 5.92 Å². The first-order valence-corrected chi connectivity index (χ1v) is 11.6. The highest BCUT2D eigenvalue weighted by Crippen LogP contribution is 2.48. The largest absolute Gasteiger partial charge is 0.385 e. The van der Waals surface area contributed by atoms with E-state index in [0.29, 0.717) is 44.5 Å². The van der Waals surface area contributed by atoms with Crippen molar-refractivity contribution in [1.82, 2.24) is 15.2 Å². The first-order chi connectivity index (χ1) is 15.1. The molecule has 1 aliphatic rings. The number of rotatable bonds is 13. The van der Waals surface area contributed by atoms with Gasteiger partial charge in [-0.05, 0) is 30.7 Å². The van der Waals surface area contributed by atoms with Gasteiger partial charge in [0.15, 0.2) is 0 Å². The highest BCUT2D eigenvalue weighted by Gasteiger charge is 2.45. The maximum absolute atomic E-state index is 13.2. The summed E-state index contributed by atoms with van der Waals surface area (Å²) in [4.78, 5) is 31.8. The number of thiazole rings is 1. The Balaban J connectivity index is 1.59. The van der Waals surface area contributed by atoms with Gasteiger partial charge in [-0.3, -0.25) is 9.59 Å². The Morgan fingerprint density at radius 3 is 2.65 bits per heavy atom. The number of carbonyl (C=O) groups is 2. The molecule has 0 spiro atoms. The Kier molecular flexibility index (Phi) is 8.99. The van der Waals surface area contributed by atoms with Crippen molar-refractivity contribution in [3.63, 3.8) is 0 Å². The molecule has 0 radical (unpaired) electrons. The molecule has 1 aromatic carbocycles. The summed E-state index contributed by atoms with van der Waals surface area (Å²) in [6, 6.07) is 10.2. The van der Waals surface area contributed by atoms with E-state index in [1.54, 1.807) is 19.6 Å². The molecule has 1 heterocycles. The molecule has 1 fully saturated rings. The number of nitrogens with one attached hydrogen (secondary N) is 1. The predicted octanol–water partition coefficient (Wildman–Crippen LogP) is 3.08. The monoisotopic (exact) mass is 445 g/mol. The van der Waals surface area contributed by atoms with E-state index in [0.717, 1.165) is 24.3 Å². The van der Waals surface area contributed by atoms with Crippen LogP contribution in [-0.2, 0) is 20.8 Å². The van der Waals surface area contributed by atoms with Crippen molar-refractivity contribution in [3.8, 4) is 0 Å². The standard InChI is InChI=1S/C23H31N3O4S/c1-29-12-6-10-24-22(27)20-16-31-21(25-20)15-26(11-7-13-30-2)23(28)19-14-18(19)17-8-4-3-5-9-17/h3-5,8-9,16,18-19H,6-7,10-15H2,1-2H3,(H,24,27). The molecule has 0 aliphatic heterocycles. The van der Waals surface area contributed by atoms with Crippen molar-refractivity contribution >= 4 is 23.2 Å². The van der Waals surface area contributed by atoms with Gasteiger partial charge in [-0.25, -0.2) is 4.98 Å². The molecule has 2 amide bonds. The van der Waals surface area contributed by atoms with E-state index in [4.69, 9.17) is 9.47 Å². The normalized spacial score (nSPS) is 17.4. The van der Waals surface area contributed by atoms with Crippen molar-refractivity contribution in [2.45, 2.75) is 31.7 Å². The summed E-state index contributed by atoms with van der Waals surface area (Å²) in [5.74, 6) is 0.282. The van der Waals surface area contributed by atoms with Crippen LogP contribution in [0.3, 0.4) is 0 Å². The summed E-state index contributed by atoms with van der Waals surface area (Å²) in [6.07, 6.45) is 2.41. The maximum Gasteiger partial charge on any atom is 0.270 e. The first kappa shape index (κ1) is 23.4. The van der Waals surface area contributed by atoms with Crippen LogP contribution in [0.25, 0.3) is 0 Å². The number of nitrogens with zero attached hydrogens (tertiary/aromatic N) is 2. The summed E-state index contributed by atoms with van der Waals surface area (Å²) < 4.78 is 10.2. The average Bonchev–Trinajstić information content (AvgIpc) is 3.46. The number of ether oxygens (including phenoxy) is 2. The van der Waals surface area contributed by atoms with Crippen molar-refractivity contribution < 1.29 is 19.1 Å². The molecular weight excluding hydrogens is 414 g/mol. The molecule has 2 atom stereocenters. The predicted molar refractivity (Wildman–Crippen MR) is 120 cm³/mol. The van der Waals surface area contributed by atoms with E-state index in [2.05, 4.69) is 22.4 Å². The summed E-state index contributed by atoms with van der Waals surface area (Å²) >= 11 is 1.41. The Morgan fingerprint density at radius 2 is 1.90 bits per heavy atom. The number of amides is 2. The summed E-state index contributed by atoms with van der Waals surface area (Å²) in [6.45, 7) is 2.78. The molecule has 7 nitrogen and oxygen atoms in total. The fourth-order valence-corrected chi connectivity index (χ4v) is 4.39. The van der Waals surface area contributed by atoms with Gasteiger partial charge in [0.05, 0.1) is 6.54 Å². The topological polar surface area (TPSA) is 80.8 Å². The number of aromatic nitrogens is 1. The van der Waals surface area contributed by atoms with Gasteiger partial charge >= 0.3 is 0 Å². The van der Waals surface area contributed by atoms with E-state index < -0.39 is 0 Å². The highest BCUT2D eigenvalue weighted by atomic mass is 32.1. The van der Waals surface area contributed by atoms with Crippen LogP contribution >= 0.6 is 11.3 Å². The van der Waals surface area contributed by atoms with Crippen LogP contribution in [-0.4, -0.2) is 62.2 Å². The molecule has 1 aliphatic carbocycles. The summed E-state index contributed by atoms with van der Waals surface area (Å²) in [7, 11) is 3.30. The zero-order valence-corrected chi connectivity index (χ0v) is 19.0. The van der Waals surface area contributed by atoms with Gasteiger partial charge in [-0.1, -0.05) is 30.3 Å². The van der Waals surface area contributed by atoms with E-state index in [1.165, 1.54) is 16.9 Å². The van der Waals surface area contributed by atoms with Gasteiger partial charge in [-0.15, -0.1) is 11.3 Å². The molecule has 1 saturated carbocycles. The maximum atomic E-state index is 13.2. The van der Waals surface area contributed by atoms with Gasteiger partial charge in [-0.2, -0.15) is 0 Å². The Hall–Kier alpha value is -2.29. The molecule has 2 aromatic rings. The smallest absolute Gasteiger partial charge is 0.270 e. The molecule has 0 saturated heterocycles. The highest BCUT2D eigenvalue weighted by molar-refractivity contribution is 7.09. The lowest BCUT2D eigenvalue weighted by molar-refractivity contribution is -0.133. The summed E-state index contributed by atoms with van der Waals surface area (Å²) in [5.41, 5.74) is 1.62. The van der Waals surface area contributed by atoms with E-state index >= 15 is 0 Å². The number of benzene rings is 1. The van der Waals surface area contributed by atoms with Crippen LogP contribution in [0.15, 0.2) is 35.7 Å². The zero-order chi connectivity index (χ0) is 22.1. The van der Waals surface area contributed by atoms with Crippen LogP contribution < -0.4 is 5.32 Å². The molecule has 1 N–H and O–H groups in total. The van der Waals surface area contributed by atoms with Crippen LogP contribution in [0.5, 0.6) is 0 Å². The van der Waals surface area contributed by atoms with Crippen LogP contribution in [0.4, 0.5) is 0 Å². The molecule has 2 unspecified atom stereocenters. The SMILES string of the molecule is COCCCNC(=O)c1csc(CN(CCCOC)C(=O)C2CC2c2ccccc2)n1. The molecular formula is C23H31N3O4S. The minimum absolute atomic E-state index is 0.0217. The number of methoxy groups -OCH3 is 2. The van der Waals surface area contributed by atoms with Gasteiger partial charge in [0, 0.05) is 51.8 Å². The number of hydrogen-bond donors (Lipinski definition) is 1. The van der Waals surface area contributed by atoms with E-state index in [-0.39, 0.29) is 17.7 Å². The third-order valence-corrected chi connectivity index (χ3v) is 6.18. The third-order valence-electron chi connectivity index (χ3n) is 5.34. The van der Waals surface area contributed by atoms with Crippen molar-refractivity contribution in [2.24, 2.45) is 5.92 Å². The van der Waals surface area contributed by atoms with Crippen molar-refractivity contribution in [3.05, 3.63) is 52.0 Å². The molecule has 8 heteroatoms. The molecule has 1 aromatic heterocycles. The Morgan fingerprint density at radius 1 is 1.16 bits per heavy atom.